The molecule has 1 aromatic carbocycles. The lowest BCUT2D eigenvalue weighted by molar-refractivity contribution is -0.145. The molecule has 0 saturated carbocycles. The molecule has 0 radical (unpaired) electrons. The predicted molar refractivity (Wildman–Crippen MR) is 64.6 cm³/mol. The van der Waals surface area contributed by atoms with Gasteiger partial charge >= 0.3 is 5.97 Å². The maximum atomic E-state index is 11.3. The van der Waals surface area contributed by atoms with Gasteiger partial charge in [-0.1, -0.05) is 18.2 Å². The van der Waals surface area contributed by atoms with Crippen molar-refractivity contribution in [3.63, 3.8) is 0 Å². The van der Waals surface area contributed by atoms with Crippen molar-refractivity contribution in [2.75, 3.05) is 0 Å². The summed E-state index contributed by atoms with van der Waals surface area (Å²) in [5, 5.41) is 19.2. The largest absolute Gasteiger partial charge is 0.480 e. The molecule has 1 atom stereocenters. The summed E-state index contributed by atoms with van der Waals surface area (Å²) in [5.74, 6) is -1.02. The second-order valence-corrected chi connectivity index (χ2v) is 5.80. The standard InChI is InChI=1S/C12H16O3S/c1-11(2,15)12(3,10(13)14)16-9-7-5-4-6-8-9/h4-8,15H,1-3H3,(H,13,14). The van der Waals surface area contributed by atoms with Gasteiger partial charge in [-0.05, 0) is 32.9 Å². The Hall–Kier alpha value is -1.00. The molecule has 0 saturated heterocycles. The number of thioether (sulfide) groups is 1. The third-order valence-electron chi connectivity index (χ3n) is 2.64. The molecular weight excluding hydrogens is 224 g/mol. The Morgan fingerprint density at radius 3 is 2.06 bits per heavy atom. The van der Waals surface area contributed by atoms with Crippen LogP contribution in [0.15, 0.2) is 35.2 Å². The first-order valence-corrected chi connectivity index (χ1v) is 5.79. The quantitative estimate of drug-likeness (QED) is 0.793. The monoisotopic (exact) mass is 240 g/mol. The highest BCUT2D eigenvalue weighted by Crippen LogP contribution is 2.40. The van der Waals surface area contributed by atoms with Crippen molar-refractivity contribution in [1.29, 1.82) is 0 Å². The molecule has 0 fully saturated rings. The van der Waals surface area contributed by atoms with E-state index in [1.807, 2.05) is 30.3 Å². The van der Waals surface area contributed by atoms with Crippen LogP contribution < -0.4 is 0 Å². The van der Waals surface area contributed by atoms with Crippen molar-refractivity contribution in [2.45, 2.75) is 36.0 Å². The first-order chi connectivity index (χ1) is 7.27. The van der Waals surface area contributed by atoms with E-state index in [0.29, 0.717) is 0 Å². The summed E-state index contributed by atoms with van der Waals surface area (Å²) in [5.41, 5.74) is -1.31. The van der Waals surface area contributed by atoms with Crippen molar-refractivity contribution >= 4 is 17.7 Å². The van der Waals surface area contributed by atoms with Gasteiger partial charge in [0.25, 0.3) is 0 Å². The van der Waals surface area contributed by atoms with Crippen LogP contribution in [0.5, 0.6) is 0 Å². The van der Waals surface area contributed by atoms with Crippen LogP contribution in [0.3, 0.4) is 0 Å². The number of hydrogen-bond acceptors (Lipinski definition) is 3. The molecule has 16 heavy (non-hydrogen) atoms. The molecule has 1 rings (SSSR count). The maximum absolute atomic E-state index is 11.3. The van der Waals surface area contributed by atoms with Crippen molar-refractivity contribution in [1.82, 2.24) is 0 Å². The molecular formula is C12H16O3S. The Bertz CT molecular complexity index is 370. The molecule has 1 unspecified atom stereocenters. The third-order valence-corrected chi connectivity index (χ3v) is 4.23. The van der Waals surface area contributed by atoms with Gasteiger partial charge in [-0.25, -0.2) is 0 Å². The van der Waals surface area contributed by atoms with Crippen LogP contribution in [0.1, 0.15) is 20.8 Å². The van der Waals surface area contributed by atoms with Crippen molar-refractivity contribution in [3.8, 4) is 0 Å². The van der Waals surface area contributed by atoms with Crippen LogP contribution in [0.25, 0.3) is 0 Å². The summed E-state index contributed by atoms with van der Waals surface area (Å²) < 4.78 is -1.27. The second-order valence-electron chi connectivity index (χ2n) is 4.31. The summed E-state index contributed by atoms with van der Waals surface area (Å²) in [4.78, 5) is 12.1. The fourth-order valence-corrected chi connectivity index (χ4v) is 2.26. The van der Waals surface area contributed by atoms with Gasteiger partial charge in [-0.2, -0.15) is 0 Å². The highest BCUT2D eigenvalue weighted by atomic mass is 32.2. The molecule has 0 aliphatic heterocycles. The molecule has 0 amide bonds. The maximum Gasteiger partial charge on any atom is 0.322 e. The highest BCUT2D eigenvalue weighted by molar-refractivity contribution is 8.01. The fraction of sp³-hybridized carbons (Fsp3) is 0.417. The third kappa shape index (κ3) is 2.57. The number of carboxylic acid groups (broad SMARTS) is 1. The van der Waals surface area contributed by atoms with E-state index in [4.69, 9.17) is 0 Å². The van der Waals surface area contributed by atoms with E-state index in [1.54, 1.807) is 0 Å². The molecule has 4 heteroatoms. The Labute approximate surface area is 99.5 Å². The molecule has 1 aromatic rings. The van der Waals surface area contributed by atoms with Crippen molar-refractivity contribution < 1.29 is 15.0 Å². The molecule has 0 aromatic heterocycles. The van der Waals surface area contributed by atoms with Crippen LogP contribution in [-0.2, 0) is 4.79 Å². The molecule has 0 heterocycles. The average molecular weight is 240 g/mol. The molecule has 88 valence electrons. The fourth-order valence-electron chi connectivity index (χ4n) is 1.15. The number of carbonyl (C=O) groups is 1. The minimum Gasteiger partial charge on any atom is -0.480 e. The smallest absolute Gasteiger partial charge is 0.322 e. The van der Waals surface area contributed by atoms with Gasteiger partial charge in [0.2, 0.25) is 0 Å². The molecule has 2 N–H and O–H groups in total. The zero-order chi connectivity index (χ0) is 12.4. The minimum absolute atomic E-state index is 0.828. The second kappa shape index (κ2) is 4.47. The Balaban J connectivity index is 3.03. The Morgan fingerprint density at radius 1 is 1.19 bits per heavy atom. The van der Waals surface area contributed by atoms with Gasteiger partial charge in [0.05, 0.1) is 5.60 Å². The summed E-state index contributed by atoms with van der Waals surface area (Å²) in [6.07, 6.45) is 0. The lowest BCUT2D eigenvalue weighted by atomic mass is 9.92. The summed E-state index contributed by atoms with van der Waals surface area (Å²) in [6, 6.07) is 9.21. The minimum atomic E-state index is -1.31. The molecule has 3 nitrogen and oxygen atoms in total. The normalized spacial score (nSPS) is 15.5. The molecule has 0 bridgehead atoms. The first-order valence-electron chi connectivity index (χ1n) is 4.97. The zero-order valence-electron chi connectivity index (χ0n) is 9.60. The van der Waals surface area contributed by atoms with Crippen LogP contribution in [0, 0.1) is 0 Å². The number of rotatable bonds is 4. The van der Waals surface area contributed by atoms with Gasteiger partial charge in [-0.3, -0.25) is 4.79 Å². The topological polar surface area (TPSA) is 57.5 Å². The van der Waals surface area contributed by atoms with E-state index in [0.717, 1.165) is 16.7 Å². The Morgan fingerprint density at radius 2 is 1.69 bits per heavy atom. The first kappa shape index (κ1) is 13.1. The van der Waals surface area contributed by atoms with E-state index in [9.17, 15) is 15.0 Å². The lowest BCUT2D eigenvalue weighted by Crippen LogP contribution is -2.51. The summed E-state index contributed by atoms with van der Waals surface area (Å²) in [6.45, 7) is 4.56. The van der Waals surface area contributed by atoms with Crippen LogP contribution in [0.4, 0.5) is 0 Å². The van der Waals surface area contributed by atoms with E-state index in [1.165, 1.54) is 20.8 Å². The van der Waals surface area contributed by atoms with Gasteiger partial charge in [0.1, 0.15) is 4.75 Å². The van der Waals surface area contributed by atoms with Crippen LogP contribution in [-0.4, -0.2) is 26.5 Å². The van der Waals surface area contributed by atoms with Crippen molar-refractivity contribution in [3.05, 3.63) is 30.3 Å². The van der Waals surface area contributed by atoms with Crippen LogP contribution in [0.2, 0.25) is 0 Å². The summed E-state index contributed by atoms with van der Waals surface area (Å²) in [7, 11) is 0. The average Bonchev–Trinajstić information content (AvgIpc) is 2.17. The number of carboxylic acids is 1. The van der Waals surface area contributed by atoms with E-state index in [2.05, 4.69) is 0 Å². The van der Waals surface area contributed by atoms with Gasteiger partial charge in [0, 0.05) is 4.90 Å². The Kier molecular flexibility index (Phi) is 3.65. The number of aliphatic hydroxyl groups is 1. The number of hydrogen-bond donors (Lipinski definition) is 2. The molecule has 0 aliphatic carbocycles. The number of benzene rings is 1. The molecule has 0 spiro atoms. The highest BCUT2D eigenvalue weighted by Gasteiger charge is 2.47. The van der Waals surface area contributed by atoms with E-state index in [-0.39, 0.29) is 0 Å². The van der Waals surface area contributed by atoms with Crippen LogP contribution >= 0.6 is 11.8 Å². The predicted octanol–water partition coefficient (Wildman–Crippen LogP) is 2.39. The number of aliphatic carboxylic acids is 1. The SMILES string of the molecule is CC(C)(O)C(C)(Sc1ccccc1)C(=O)O. The van der Waals surface area contributed by atoms with Gasteiger partial charge in [-0.15, -0.1) is 11.8 Å². The summed E-state index contributed by atoms with van der Waals surface area (Å²) >= 11 is 1.16. The lowest BCUT2D eigenvalue weighted by Gasteiger charge is -2.35. The van der Waals surface area contributed by atoms with Gasteiger partial charge < -0.3 is 10.2 Å². The van der Waals surface area contributed by atoms with E-state index < -0.39 is 16.3 Å². The van der Waals surface area contributed by atoms with Crippen molar-refractivity contribution in [2.24, 2.45) is 0 Å². The van der Waals surface area contributed by atoms with E-state index >= 15 is 0 Å². The molecule has 0 aliphatic rings. The van der Waals surface area contributed by atoms with Gasteiger partial charge in [0.15, 0.2) is 0 Å². The zero-order valence-corrected chi connectivity index (χ0v) is 10.4.